The lowest BCUT2D eigenvalue weighted by Gasteiger charge is -2.23. The number of carbonyl (C=O) groups excluding carboxylic acids is 1. The van der Waals surface area contributed by atoms with Crippen molar-refractivity contribution in [2.45, 2.75) is 25.8 Å². The van der Waals surface area contributed by atoms with E-state index in [9.17, 15) is 4.79 Å². The molecule has 4 nitrogen and oxygen atoms in total. The van der Waals surface area contributed by atoms with Gasteiger partial charge in [-0.15, -0.1) is 0 Å². The Kier molecular flexibility index (Phi) is 6.10. The van der Waals surface area contributed by atoms with Crippen molar-refractivity contribution in [1.29, 1.82) is 0 Å². The summed E-state index contributed by atoms with van der Waals surface area (Å²) in [5.41, 5.74) is 5.27. The van der Waals surface area contributed by atoms with Gasteiger partial charge in [0.15, 0.2) is 5.11 Å². The van der Waals surface area contributed by atoms with Crippen molar-refractivity contribution in [3.63, 3.8) is 0 Å². The number of anilines is 2. The summed E-state index contributed by atoms with van der Waals surface area (Å²) in [7, 11) is 0. The zero-order valence-corrected chi connectivity index (χ0v) is 17.8. The summed E-state index contributed by atoms with van der Waals surface area (Å²) >= 11 is 5.64. The van der Waals surface area contributed by atoms with E-state index in [1.807, 2.05) is 47.4 Å². The molecule has 0 unspecified atom stereocenters. The van der Waals surface area contributed by atoms with Gasteiger partial charge in [-0.3, -0.25) is 4.79 Å². The number of aryl methyl sites for hydroxylation is 1. The number of hydrogen-bond donors (Lipinski definition) is 2. The van der Waals surface area contributed by atoms with Gasteiger partial charge >= 0.3 is 0 Å². The predicted molar refractivity (Wildman–Crippen MR) is 127 cm³/mol. The zero-order valence-electron chi connectivity index (χ0n) is 17.0. The van der Waals surface area contributed by atoms with Gasteiger partial charge in [0.05, 0.1) is 6.04 Å². The van der Waals surface area contributed by atoms with Crippen LogP contribution in [-0.2, 0) is 4.79 Å². The maximum atomic E-state index is 12.1. The van der Waals surface area contributed by atoms with Gasteiger partial charge < -0.3 is 15.5 Å². The van der Waals surface area contributed by atoms with Crippen molar-refractivity contribution in [1.82, 2.24) is 5.32 Å². The molecule has 0 bridgehead atoms. The molecule has 1 aliphatic heterocycles. The third-order valence-corrected chi connectivity index (χ3v) is 5.49. The SMILES string of the molecule is Cc1cccc([C@@H](NC(=S)Nc2cccc(N3CCCC3=O)c2)c2ccccc2)c1. The molecule has 1 saturated heterocycles. The number of nitrogens with one attached hydrogen (secondary N) is 2. The Labute approximate surface area is 182 Å². The van der Waals surface area contributed by atoms with Crippen molar-refractivity contribution >= 4 is 34.6 Å². The molecule has 0 aromatic heterocycles. The summed E-state index contributed by atoms with van der Waals surface area (Å²) in [5, 5.41) is 7.29. The number of amides is 1. The fourth-order valence-electron chi connectivity index (χ4n) is 3.83. The molecule has 3 aromatic carbocycles. The average molecular weight is 416 g/mol. The Hall–Kier alpha value is -3.18. The van der Waals surface area contributed by atoms with Gasteiger partial charge in [-0.05, 0) is 54.9 Å². The Morgan fingerprint density at radius 2 is 1.73 bits per heavy atom. The Morgan fingerprint density at radius 1 is 0.967 bits per heavy atom. The molecular weight excluding hydrogens is 390 g/mol. The van der Waals surface area contributed by atoms with Crippen LogP contribution in [0.5, 0.6) is 0 Å². The van der Waals surface area contributed by atoms with Crippen molar-refractivity contribution in [3.05, 3.63) is 95.6 Å². The van der Waals surface area contributed by atoms with E-state index in [0.29, 0.717) is 11.5 Å². The van der Waals surface area contributed by atoms with Gasteiger partial charge in [-0.1, -0.05) is 66.2 Å². The first-order valence-electron chi connectivity index (χ1n) is 10.2. The molecule has 4 rings (SSSR count). The van der Waals surface area contributed by atoms with Gasteiger partial charge in [0.25, 0.3) is 0 Å². The van der Waals surface area contributed by atoms with E-state index in [4.69, 9.17) is 12.2 Å². The summed E-state index contributed by atoms with van der Waals surface area (Å²) in [4.78, 5) is 13.9. The van der Waals surface area contributed by atoms with E-state index >= 15 is 0 Å². The summed E-state index contributed by atoms with van der Waals surface area (Å²) in [5.74, 6) is 0.177. The highest BCUT2D eigenvalue weighted by Crippen LogP contribution is 2.25. The van der Waals surface area contributed by atoms with Crippen LogP contribution < -0.4 is 15.5 Å². The van der Waals surface area contributed by atoms with Gasteiger partial charge in [0, 0.05) is 24.3 Å². The molecule has 0 radical (unpaired) electrons. The first-order valence-corrected chi connectivity index (χ1v) is 10.6. The van der Waals surface area contributed by atoms with Crippen LogP contribution in [0.15, 0.2) is 78.9 Å². The van der Waals surface area contributed by atoms with Crippen molar-refractivity contribution < 1.29 is 4.79 Å². The molecule has 2 N–H and O–H groups in total. The fraction of sp³-hybridized carbons (Fsp3) is 0.200. The molecule has 152 valence electrons. The maximum absolute atomic E-state index is 12.1. The van der Waals surface area contributed by atoms with Gasteiger partial charge in [0.1, 0.15) is 0 Å². The largest absolute Gasteiger partial charge is 0.352 e. The minimum Gasteiger partial charge on any atom is -0.352 e. The number of rotatable bonds is 5. The van der Waals surface area contributed by atoms with E-state index in [1.54, 1.807) is 0 Å². The maximum Gasteiger partial charge on any atom is 0.227 e. The summed E-state index contributed by atoms with van der Waals surface area (Å²) < 4.78 is 0. The number of thiocarbonyl (C=S) groups is 1. The third-order valence-electron chi connectivity index (χ3n) is 5.27. The van der Waals surface area contributed by atoms with Gasteiger partial charge in [-0.2, -0.15) is 0 Å². The lowest BCUT2D eigenvalue weighted by Crippen LogP contribution is -2.33. The highest BCUT2D eigenvalue weighted by atomic mass is 32.1. The summed E-state index contributed by atoms with van der Waals surface area (Å²) in [6.45, 7) is 2.86. The monoisotopic (exact) mass is 415 g/mol. The highest BCUT2D eigenvalue weighted by molar-refractivity contribution is 7.80. The lowest BCUT2D eigenvalue weighted by atomic mass is 9.97. The van der Waals surface area contributed by atoms with Gasteiger partial charge in [-0.25, -0.2) is 0 Å². The molecule has 1 aliphatic rings. The third kappa shape index (κ3) is 4.69. The van der Waals surface area contributed by atoms with Crippen LogP contribution in [0.4, 0.5) is 11.4 Å². The Balaban J connectivity index is 1.53. The van der Waals surface area contributed by atoms with Crippen LogP contribution in [-0.4, -0.2) is 17.6 Å². The molecule has 1 atom stereocenters. The van der Waals surface area contributed by atoms with Crippen LogP contribution in [0.25, 0.3) is 0 Å². The van der Waals surface area contributed by atoms with Crippen LogP contribution in [0.2, 0.25) is 0 Å². The minimum atomic E-state index is -0.0607. The topological polar surface area (TPSA) is 44.4 Å². The second kappa shape index (κ2) is 9.09. The molecule has 0 aliphatic carbocycles. The number of nitrogens with zero attached hydrogens (tertiary/aromatic N) is 1. The summed E-state index contributed by atoms with van der Waals surface area (Å²) in [6, 6.07) is 26.5. The molecule has 30 heavy (non-hydrogen) atoms. The van der Waals surface area contributed by atoms with Crippen LogP contribution in [0, 0.1) is 6.92 Å². The number of benzene rings is 3. The second-order valence-corrected chi connectivity index (χ2v) is 7.96. The standard InChI is InChI=1S/C25H25N3OS/c1-18-8-5-11-20(16-18)24(19-9-3-2-4-10-19)27-25(30)26-21-12-6-13-22(17-21)28-15-7-14-23(28)29/h2-6,8-13,16-17,24H,7,14-15H2,1H3,(H2,26,27,30)/t24-/m0/s1. The first kappa shape index (κ1) is 20.1. The van der Waals surface area contributed by atoms with Gasteiger partial charge in [0.2, 0.25) is 5.91 Å². The normalized spacial score (nSPS) is 14.4. The van der Waals surface area contributed by atoms with Crippen LogP contribution in [0.1, 0.15) is 35.6 Å². The van der Waals surface area contributed by atoms with E-state index < -0.39 is 0 Å². The molecular formula is C25H25N3OS. The Bertz CT molecular complexity index is 1050. The molecule has 5 heteroatoms. The van der Waals surface area contributed by atoms with Crippen LogP contribution >= 0.6 is 12.2 Å². The zero-order chi connectivity index (χ0) is 20.9. The van der Waals surface area contributed by atoms with E-state index in [1.165, 1.54) is 5.56 Å². The van der Waals surface area contributed by atoms with Crippen molar-refractivity contribution in [3.8, 4) is 0 Å². The molecule has 3 aromatic rings. The van der Waals surface area contributed by atoms with Crippen molar-refractivity contribution in [2.24, 2.45) is 0 Å². The van der Waals surface area contributed by atoms with E-state index in [2.05, 4.69) is 54.0 Å². The first-order chi connectivity index (χ1) is 14.6. The lowest BCUT2D eigenvalue weighted by molar-refractivity contribution is -0.117. The molecule has 0 saturated carbocycles. The predicted octanol–water partition coefficient (Wildman–Crippen LogP) is 5.20. The van der Waals surface area contributed by atoms with Crippen molar-refractivity contribution in [2.75, 3.05) is 16.8 Å². The van der Waals surface area contributed by atoms with Crippen LogP contribution in [0.3, 0.4) is 0 Å². The molecule has 1 amide bonds. The second-order valence-electron chi connectivity index (χ2n) is 7.56. The average Bonchev–Trinajstić information content (AvgIpc) is 3.19. The molecule has 1 heterocycles. The molecule has 0 spiro atoms. The fourth-order valence-corrected chi connectivity index (χ4v) is 4.06. The highest BCUT2D eigenvalue weighted by Gasteiger charge is 2.22. The quantitative estimate of drug-likeness (QED) is 0.563. The number of carbonyl (C=O) groups is 1. The minimum absolute atomic E-state index is 0.0607. The smallest absolute Gasteiger partial charge is 0.227 e. The Morgan fingerprint density at radius 3 is 2.47 bits per heavy atom. The van der Waals surface area contributed by atoms with E-state index in [-0.39, 0.29) is 11.9 Å². The number of hydrogen-bond acceptors (Lipinski definition) is 2. The van der Waals surface area contributed by atoms with E-state index in [0.717, 1.165) is 35.5 Å². The summed E-state index contributed by atoms with van der Waals surface area (Å²) in [6.07, 6.45) is 1.53. The molecule has 1 fully saturated rings.